The van der Waals surface area contributed by atoms with Crippen molar-refractivity contribution in [3.63, 3.8) is 0 Å². The maximum absolute atomic E-state index is 12.6. The van der Waals surface area contributed by atoms with Crippen LogP contribution in [0.15, 0.2) is 24.3 Å². The Balaban J connectivity index is 3.08. The number of aliphatic carboxylic acids is 1. The highest BCUT2D eigenvalue weighted by Crippen LogP contribution is 2.34. The minimum atomic E-state index is -4.40. The fourth-order valence-electron chi connectivity index (χ4n) is 2.13. The molecule has 1 aromatic carbocycles. The van der Waals surface area contributed by atoms with Gasteiger partial charge in [0, 0.05) is 0 Å². The molecule has 0 heterocycles. The molecule has 1 N–H and O–H groups in total. The van der Waals surface area contributed by atoms with E-state index in [4.69, 9.17) is 0 Å². The summed E-state index contributed by atoms with van der Waals surface area (Å²) in [6.45, 7) is 3.48. The number of carboxylic acid groups (broad SMARTS) is 1. The normalized spacial score (nSPS) is 12.5. The molecule has 0 bridgehead atoms. The number of hydrogen-bond donors (Lipinski definition) is 1. The summed E-state index contributed by atoms with van der Waals surface area (Å²) in [5, 5.41) is 9.29. The zero-order chi connectivity index (χ0) is 14.7. The number of rotatable bonds is 5. The van der Waals surface area contributed by atoms with E-state index < -0.39 is 23.1 Å². The molecule has 0 saturated carbocycles. The molecule has 0 saturated heterocycles. The van der Waals surface area contributed by atoms with E-state index in [1.807, 2.05) is 0 Å². The molecule has 1 aromatic rings. The topological polar surface area (TPSA) is 37.3 Å². The van der Waals surface area contributed by atoms with Crippen molar-refractivity contribution in [1.82, 2.24) is 0 Å². The Kier molecular flexibility index (Phi) is 4.61. The van der Waals surface area contributed by atoms with Gasteiger partial charge >= 0.3 is 12.1 Å². The lowest BCUT2D eigenvalue weighted by Crippen LogP contribution is -2.32. The van der Waals surface area contributed by atoms with Crippen molar-refractivity contribution in [3.8, 4) is 0 Å². The summed E-state index contributed by atoms with van der Waals surface area (Å²) in [7, 11) is 0. The zero-order valence-electron chi connectivity index (χ0n) is 10.9. The Hall–Kier alpha value is -1.52. The molecule has 0 spiro atoms. The molecule has 106 valence electrons. The molecule has 2 nitrogen and oxygen atoms in total. The lowest BCUT2D eigenvalue weighted by Gasteiger charge is -2.27. The summed E-state index contributed by atoms with van der Waals surface area (Å²) in [4.78, 5) is 11.3. The Morgan fingerprint density at radius 1 is 1.21 bits per heavy atom. The van der Waals surface area contributed by atoms with Gasteiger partial charge in [-0.1, -0.05) is 32.0 Å². The lowest BCUT2D eigenvalue weighted by atomic mass is 9.77. The highest BCUT2D eigenvalue weighted by molar-refractivity contribution is 5.75. The summed E-state index contributed by atoms with van der Waals surface area (Å²) in [6, 6.07) is 4.88. The van der Waals surface area contributed by atoms with Crippen LogP contribution in [0.3, 0.4) is 0 Å². The molecule has 0 amide bonds. The Morgan fingerprint density at radius 3 is 2.21 bits per heavy atom. The number of alkyl halides is 3. The third-order valence-corrected chi connectivity index (χ3v) is 3.60. The highest BCUT2D eigenvalue weighted by Gasteiger charge is 2.36. The molecule has 0 aliphatic carbocycles. The Bertz CT molecular complexity index is 448. The second-order valence-corrected chi connectivity index (χ2v) is 4.67. The molecule has 5 heteroatoms. The van der Waals surface area contributed by atoms with Crippen LogP contribution in [0.1, 0.15) is 37.8 Å². The minimum absolute atomic E-state index is 0.110. The van der Waals surface area contributed by atoms with Crippen LogP contribution in [0.4, 0.5) is 13.2 Å². The first-order valence-electron chi connectivity index (χ1n) is 6.14. The van der Waals surface area contributed by atoms with Gasteiger partial charge in [0.25, 0.3) is 0 Å². The first kappa shape index (κ1) is 15.5. The van der Waals surface area contributed by atoms with Gasteiger partial charge in [-0.3, -0.25) is 4.79 Å². The van der Waals surface area contributed by atoms with Gasteiger partial charge in [0.1, 0.15) is 0 Å². The lowest BCUT2D eigenvalue weighted by molar-refractivity contribution is -0.149. The van der Waals surface area contributed by atoms with Crippen molar-refractivity contribution in [2.75, 3.05) is 0 Å². The second kappa shape index (κ2) is 5.63. The van der Waals surface area contributed by atoms with Crippen LogP contribution in [-0.4, -0.2) is 11.1 Å². The van der Waals surface area contributed by atoms with Crippen LogP contribution < -0.4 is 0 Å². The van der Waals surface area contributed by atoms with E-state index in [0.29, 0.717) is 18.4 Å². The second-order valence-electron chi connectivity index (χ2n) is 4.67. The van der Waals surface area contributed by atoms with Crippen molar-refractivity contribution in [3.05, 3.63) is 35.4 Å². The summed E-state index contributed by atoms with van der Waals surface area (Å²) in [6.07, 6.45) is -3.52. The van der Waals surface area contributed by atoms with Gasteiger partial charge in [-0.2, -0.15) is 13.2 Å². The maximum atomic E-state index is 12.6. The highest BCUT2D eigenvalue weighted by atomic mass is 19.4. The summed E-state index contributed by atoms with van der Waals surface area (Å²) >= 11 is 0. The van der Waals surface area contributed by atoms with Crippen molar-refractivity contribution in [2.45, 2.75) is 39.3 Å². The van der Waals surface area contributed by atoms with E-state index in [1.165, 1.54) is 12.1 Å². The molecule has 1 rings (SSSR count). The fraction of sp³-hybridized carbons (Fsp3) is 0.500. The average Bonchev–Trinajstić information content (AvgIpc) is 2.35. The number of benzene rings is 1. The van der Waals surface area contributed by atoms with Gasteiger partial charge in [-0.05, 0) is 30.9 Å². The zero-order valence-corrected chi connectivity index (χ0v) is 10.9. The average molecular weight is 274 g/mol. The number of halogens is 3. The smallest absolute Gasteiger partial charge is 0.416 e. The molecular weight excluding hydrogens is 257 g/mol. The standard InChI is InChI=1S/C14H17F3O2/c1-3-13(4-2,12(18)19)9-10-6-5-7-11(8-10)14(15,16)17/h5-8H,3-4,9H2,1-2H3,(H,18,19). The first-order chi connectivity index (χ1) is 8.75. The number of carboxylic acids is 1. The third-order valence-electron chi connectivity index (χ3n) is 3.60. The third kappa shape index (κ3) is 3.49. The van der Waals surface area contributed by atoms with Gasteiger partial charge in [0.2, 0.25) is 0 Å². The van der Waals surface area contributed by atoms with Gasteiger partial charge < -0.3 is 5.11 Å². The molecule has 0 fully saturated rings. The number of carbonyl (C=O) groups is 1. The van der Waals surface area contributed by atoms with Crippen molar-refractivity contribution in [2.24, 2.45) is 5.41 Å². The van der Waals surface area contributed by atoms with Crippen LogP contribution in [0, 0.1) is 5.41 Å². The van der Waals surface area contributed by atoms with Crippen LogP contribution in [-0.2, 0) is 17.4 Å². The Labute approximate surface area is 110 Å². The molecule has 0 aliphatic heterocycles. The van der Waals surface area contributed by atoms with E-state index in [-0.39, 0.29) is 6.42 Å². The van der Waals surface area contributed by atoms with E-state index in [1.54, 1.807) is 13.8 Å². The molecule has 0 unspecified atom stereocenters. The molecule has 19 heavy (non-hydrogen) atoms. The van der Waals surface area contributed by atoms with Crippen LogP contribution in [0.2, 0.25) is 0 Å². The minimum Gasteiger partial charge on any atom is -0.481 e. The summed E-state index contributed by atoms with van der Waals surface area (Å²) < 4.78 is 37.8. The van der Waals surface area contributed by atoms with Crippen molar-refractivity contribution in [1.29, 1.82) is 0 Å². The van der Waals surface area contributed by atoms with Gasteiger partial charge in [0.15, 0.2) is 0 Å². The molecule has 0 aromatic heterocycles. The molecule has 0 aliphatic rings. The summed E-state index contributed by atoms with van der Waals surface area (Å²) in [5.74, 6) is -0.963. The van der Waals surface area contributed by atoms with Crippen LogP contribution in [0.5, 0.6) is 0 Å². The Morgan fingerprint density at radius 2 is 1.79 bits per heavy atom. The summed E-state index contributed by atoms with van der Waals surface area (Å²) in [5.41, 5.74) is -1.33. The van der Waals surface area contributed by atoms with Crippen molar-refractivity contribution >= 4 is 5.97 Å². The SMILES string of the molecule is CCC(CC)(Cc1cccc(C(F)(F)F)c1)C(=O)O. The van der Waals surface area contributed by atoms with Gasteiger partial charge in [-0.25, -0.2) is 0 Å². The van der Waals surface area contributed by atoms with E-state index in [2.05, 4.69) is 0 Å². The monoisotopic (exact) mass is 274 g/mol. The van der Waals surface area contributed by atoms with Crippen LogP contribution >= 0.6 is 0 Å². The fourth-order valence-corrected chi connectivity index (χ4v) is 2.13. The number of hydrogen-bond acceptors (Lipinski definition) is 1. The molecule has 0 radical (unpaired) electrons. The van der Waals surface area contributed by atoms with Gasteiger partial charge in [0.05, 0.1) is 11.0 Å². The van der Waals surface area contributed by atoms with E-state index >= 15 is 0 Å². The predicted octanol–water partition coefficient (Wildman–Crippen LogP) is 4.14. The first-order valence-corrected chi connectivity index (χ1v) is 6.14. The largest absolute Gasteiger partial charge is 0.481 e. The van der Waals surface area contributed by atoms with Gasteiger partial charge in [-0.15, -0.1) is 0 Å². The van der Waals surface area contributed by atoms with E-state index in [9.17, 15) is 23.1 Å². The predicted molar refractivity (Wildman–Crippen MR) is 65.8 cm³/mol. The maximum Gasteiger partial charge on any atom is 0.416 e. The quantitative estimate of drug-likeness (QED) is 0.876. The molecule has 0 atom stereocenters. The van der Waals surface area contributed by atoms with Crippen molar-refractivity contribution < 1.29 is 23.1 Å². The molecular formula is C14H17F3O2. The van der Waals surface area contributed by atoms with Crippen LogP contribution in [0.25, 0.3) is 0 Å². The van der Waals surface area contributed by atoms with E-state index in [0.717, 1.165) is 12.1 Å².